The van der Waals surface area contributed by atoms with Gasteiger partial charge in [-0.2, -0.15) is 0 Å². The second-order valence-corrected chi connectivity index (χ2v) is 6.74. The summed E-state index contributed by atoms with van der Waals surface area (Å²) in [6.45, 7) is 1.67. The number of ketones is 1. The Morgan fingerprint density at radius 3 is 2.39 bits per heavy atom. The second-order valence-electron chi connectivity index (χ2n) is 6.74. The lowest BCUT2D eigenvalue weighted by Crippen LogP contribution is -2.14. The van der Waals surface area contributed by atoms with Gasteiger partial charge in [0, 0.05) is 17.7 Å². The number of para-hydroxylation sites is 1. The highest BCUT2D eigenvalue weighted by molar-refractivity contribution is 5.99. The van der Waals surface area contributed by atoms with Crippen LogP contribution in [0.15, 0.2) is 71.1 Å². The highest BCUT2D eigenvalue weighted by Crippen LogP contribution is 2.15. The van der Waals surface area contributed by atoms with Crippen molar-refractivity contribution in [1.29, 1.82) is 0 Å². The second kappa shape index (κ2) is 10.8. The van der Waals surface area contributed by atoms with Crippen LogP contribution in [0, 0.1) is 0 Å². The molecule has 0 aliphatic heterocycles. The van der Waals surface area contributed by atoms with Crippen molar-refractivity contribution in [2.45, 2.75) is 26.4 Å². The number of rotatable bonds is 10. The van der Waals surface area contributed by atoms with E-state index in [-0.39, 0.29) is 24.1 Å². The number of hydrogen-bond acceptors (Lipinski definition) is 6. The minimum Gasteiger partial charge on any atom is -0.486 e. The lowest BCUT2D eigenvalue weighted by atomic mass is 10.1. The smallest absolute Gasteiger partial charge is 0.374 e. The molecular weight excluding hydrogens is 398 g/mol. The van der Waals surface area contributed by atoms with Crippen molar-refractivity contribution < 1.29 is 28.3 Å². The topological polar surface area (TPSA) is 94.8 Å². The number of carbonyl (C=O) groups is 3. The summed E-state index contributed by atoms with van der Waals surface area (Å²) in [5, 5.41) is 2.75. The molecule has 0 bridgehead atoms. The third kappa shape index (κ3) is 6.57. The zero-order chi connectivity index (χ0) is 22.1. The van der Waals surface area contributed by atoms with Gasteiger partial charge in [0.1, 0.15) is 18.1 Å². The van der Waals surface area contributed by atoms with E-state index in [1.807, 2.05) is 37.3 Å². The summed E-state index contributed by atoms with van der Waals surface area (Å²) in [7, 11) is 0. The van der Waals surface area contributed by atoms with E-state index in [0.717, 1.165) is 6.42 Å². The molecule has 1 N–H and O–H groups in total. The van der Waals surface area contributed by atoms with E-state index in [9.17, 15) is 14.4 Å². The van der Waals surface area contributed by atoms with Gasteiger partial charge in [-0.05, 0) is 55.0 Å². The van der Waals surface area contributed by atoms with Crippen LogP contribution in [0.5, 0.6) is 5.75 Å². The normalized spacial score (nSPS) is 10.4. The summed E-state index contributed by atoms with van der Waals surface area (Å²) < 4.78 is 16.0. The Labute approximate surface area is 180 Å². The molecule has 1 heterocycles. The van der Waals surface area contributed by atoms with E-state index in [4.69, 9.17) is 13.9 Å². The molecule has 0 fully saturated rings. The van der Waals surface area contributed by atoms with Crippen LogP contribution < -0.4 is 10.1 Å². The zero-order valence-electron chi connectivity index (χ0n) is 17.1. The van der Waals surface area contributed by atoms with Crippen molar-refractivity contribution >= 4 is 23.3 Å². The van der Waals surface area contributed by atoms with E-state index in [1.165, 1.54) is 6.07 Å². The molecule has 3 rings (SSSR count). The maximum atomic E-state index is 12.3. The number of esters is 1. The summed E-state index contributed by atoms with van der Waals surface area (Å²) in [4.78, 5) is 36.0. The average Bonchev–Trinajstić information content (AvgIpc) is 3.26. The van der Waals surface area contributed by atoms with E-state index in [0.29, 0.717) is 29.2 Å². The first-order valence-corrected chi connectivity index (χ1v) is 9.92. The van der Waals surface area contributed by atoms with Crippen molar-refractivity contribution in [1.82, 2.24) is 0 Å². The summed E-state index contributed by atoms with van der Waals surface area (Å²) in [6.07, 6.45) is 1.19. The van der Waals surface area contributed by atoms with E-state index < -0.39 is 12.6 Å². The Balaban J connectivity index is 1.47. The number of anilines is 1. The third-order valence-electron chi connectivity index (χ3n) is 4.29. The van der Waals surface area contributed by atoms with E-state index >= 15 is 0 Å². The van der Waals surface area contributed by atoms with Crippen LogP contribution >= 0.6 is 0 Å². The number of ether oxygens (including phenoxy) is 2. The Hall–Kier alpha value is -3.87. The largest absolute Gasteiger partial charge is 0.486 e. The zero-order valence-corrected chi connectivity index (χ0v) is 17.1. The molecule has 3 aromatic rings. The maximum Gasteiger partial charge on any atom is 0.374 e. The molecule has 1 amide bonds. The number of nitrogens with one attached hydrogen (secondary N) is 1. The highest BCUT2D eigenvalue weighted by atomic mass is 16.5. The van der Waals surface area contributed by atoms with Crippen molar-refractivity contribution in [3.63, 3.8) is 0 Å². The Morgan fingerprint density at radius 2 is 1.68 bits per heavy atom. The lowest BCUT2D eigenvalue weighted by molar-refractivity contribution is -0.116. The van der Waals surface area contributed by atoms with E-state index in [1.54, 1.807) is 30.3 Å². The number of furan rings is 1. The van der Waals surface area contributed by atoms with Crippen molar-refractivity contribution in [3.05, 3.63) is 83.8 Å². The molecule has 2 aromatic carbocycles. The maximum absolute atomic E-state index is 12.3. The summed E-state index contributed by atoms with van der Waals surface area (Å²) >= 11 is 0. The molecule has 0 saturated heterocycles. The van der Waals surface area contributed by atoms with Crippen molar-refractivity contribution in [2.75, 3.05) is 11.9 Å². The Kier molecular flexibility index (Phi) is 7.59. The molecule has 0 spiro atoms. The van der Waals surface area contributed by atoms with Gasteiger partial charge in [-0.3, -0.25) is 9.59 Å². The van der Waals surface area contributed by atoms with Gasteiger partial charge in [0.2, 0.25) is 11.7 Å². The fourth-order valence-electron chi connectivity index (χ4n) is 2.71. The van der Waals surface area contributed by atoms with E-state index in [2.05, 4.69) is 5.32 Å². The number of Topliss-reactive ketones (excluding diaryl/α,β-unsaturated/α-hetero) is 1. The van der Waals surface area contributed by atoms with Crippen molar-refractivity contribution in [3.8, 4) is 5.75 Å². The van der Waals surface area contributed by atoms with Gasteiger partial charge >= 0.3 is 5.97 Å². The molecule has 31 heavy (non-hydrogen) atoms. The van der Waals surface area contributed by atoms with Crippen LogP contribution in [0.2, 0.25) is 0 Å². The minimum atomic E-state index is -0.734. The lowest BCUT2D eigenvalue weighted by Gasteiger charge is -2.06. The van der Waals surface area contributed by atoms with Gasteiger partial charge in [-0.25, -0.2) is 4.79 Å². The van der Waals surface area contributed by atoms with Gasteiger partial charge in [-0.15, -0.1) is 0 Å². The van der Waals surface area contributed by atoms with Gasteiger partial charge in [0.15, 0.2) is 12.4 Å². The average molecular weight is 421 g/mol. The highest BCUT2D eigenvalue weighted by Gasteiger charge is 2.16. The number of carbonyl (C=O) groups excluding carboxylic acids is 3. The first-order valence-electron chi connectivity index (χ1n) is 9.92. The number of benzene rings is 2. The molecule has 0 radical (unpaired) electrons. The monoisotopic (exact) mass is 421 g/mol. The molecule has 1 aromatic heterocycles. The molecule has 0 aliphatic carbocycles. The van der Waals surface area contributed by atoms with Crippen LogP contribution in [-0.4, -0.2) is 24.3 Å². The fourth-order valence-corrected chi connectivity index (χ4v) is 2.71. The fraction of sp³-hybridized carbons (Fsp3) is 0.208. The van der Waals surface area contributed by atoms with Crippen LogP contribution in [0.1, 0.15) is 46.4 Å². The first kappa shape index (κ1) is 21.8. The SMILES string of the molecule is CCCC(=O)Nc1ccc(C(=O)COC(=O)c2ccc(COc3ccccc3)o2)cc1. The molecule has 160 valence electrons. The molecule has 0 unspecified atom stereocenters. The summed E-state index contributed by atoms with van der Waals surface area (Å²) in [6, 6.07) is 18.7. The molecule has 0 saturated carbocycles. The molecule has 0 atom stereocenters. The minimum absolute atomic E-state index is 0.00607. The number of hydrogen-bond donors (Lipinski definition) is 1. The van der Waals surface area contributed by atoms with Gasteiger partial charge in [-0.1, -0.05) is 25.1 Å². The standard InChI is InChI=1S/C24H23NO6/c1-2-6-23(27)25-18-11-9-17(10-12-18)21(26)16-30-24(28)22-14-13-20(31-22)15-29-19-7-4-3-5-8-19/h3-5,7-14H,2,6,15-16H2,1H3,(H,25,27). The predicted molar refractivity (Wildman–Crippen MR) is 114 cm³/mol. The quantitative estimate of drug-likeness (QED) is 0.379. The van der Waals surface area contributed by atoms with Gasteiger partial charge in [0.25, 0.3) is 0 Å². The molecule has 7 nitrogen and oxygen atoms in total. The molecular formula is C24H23NO6. The molecule has 7 heteroatoms. The van der Waals surface area contributed by atoms with Crippen LogP contribution in [-0.2, 0) is 16.1 Å². The van der Waals surface area contributed by atoms with Gasteiger partial charge < -0.3 is 19.2 Å². The van der Waals surface area contributed by atoms with Crippen LogP contribution in [0.4, 0.5) is 5.69 Å². The Bertz CT molecular complexity index is 1020. The van der Waals surface area contributed by atoms with Crippen LogP contribution in [0.3, 0.4) is 0 Å². The molecule has 0 aliphatic rings. The number of amides is 1. The first-order chi connectivity index (χ1) is 15.0. The van der Waals surface area contributed by atoms with Crippen LogP contribution in [0.25, 0.3) is 0 Å². The Morgan fingerprint density at radius 1 is 0.935 bits per heavy atom. The van der Waals surface area contributed by atoms with Gasteiger partial charge in [0.05, 0.1) is 0 Å². The van der Waals surface area contributed by atoms with Crippen molar-refractivity contribution in [2.24, 2.45) is 0 Å². The third-order valence-corrected chi connectivity index (χ3v) is 4.29. The summed E-state index contributed by atoms with van der Waals surface area (Å²) in [5.74, 6) is -0.0370. The predicted octanol–water partition coefficient (Wildman–Crippen LogP) is 4.64. The summed E-state index contributed by atoms with van der Waals surface area (Å²) in [5.41, 5.74) is 0.977.